The molecular weight excluding hydrogens is 518 g/mol. The lowest BCUT2D eigenvalue weighted by molar-refractivity contribution is -0.126. The second kappa shape index (κ2) is 10.0. The van der Waals surface area contributed by atoms with Crippen molar-refractivity contribution in [1.82, 2.24) is 20.3 Å². The normalized spacial score (nSPS) is 26.8. The lowest BCUT2D eigenvalue weighted by Crippen LogP contribution is -2.52. The van der Waals surface area contributed by atoms with E-state index in [9.17, 15) is 4.79 Å². The molecule has 0 unspecified atom stereocenters. The molecular formula is C32H41N5O4. The Morgan fingerprint density at radius 1 is 0.951 bits per heavy atom. The predicted octanol–water partition coefficient (Wildman–Crippen LogP) is 6.35. The molecule has 41 heavy (non-hydrogen) atoms. The Labute approximate surface area is 241 Å². The average Bonchev–Trinajstić information content (AvgIpc) is 3.49. The SMILES string of the molecule is CC(C)(C)c1noc(C23CCC(CN(C(=O)C4CCOCC4)c4cccc(-c5nc(C6CC6)no5)c4)(CC2)CC3)n1. The van der Waals surface area contributed by atoms with Crippen molar-refractivity contribution in [2.75, 3.05) is 24.7 Å². The number of fused-ring (bicyclic) bond motifs is 3. The first-order valence-corrected chi connectivity index (χ1v) is 15.4. The van der Waals surface area contributed by atoms with Gasteiger partial charge in [-0.05, 0) is 87.8 Å². The Balaban J connectivity index is 1.14. The predicted molar refractivity (Wildman–Crippen MR) is 152 cm³/mol. The van der Waals surface area contributed by atoms with E-state index >= 15 is 0 Å². The van der Waals surface area contributed by atoms with Crippen LogP contribution in [0.4, 0.5) is 5.69 Å². The molecule has 2 aromatic heterocycles. The molecule has 5 fully saturated rings. The summed E-state index contributed by atoms with van der Waals surface area (Å²) in [5, 5.41) is 8.54. The van der Waals surface area contributed by atoms with Crippen molar-refractivity contribution < 1.29 is 18.6 Å². The van der Waals surface area contributed by atoms with Gasteiger partial charge < -0.3 is 18.7 Å². The van der Waals surface area contributed by atoms with E-state index in [1.54, 1.807) is 0 Å². The Morgan fingerprint density at radius 2 is 1.68 bits per heavy atom. The van der Waals surface area contributed by atoms with Gasteiger partial charge >= 0.3 is 0 Å². The van der Waals surface area contributed by atoms with Crippen molar-refractivity contribution in [2.45, 2.75) is 102 Å². The molecule has 4 saturated carbocycles. The van der Waals surface area contributed by atoms with E-state index in [2.05, 4.69) is 53.1 Å². The molecule has 0 spiro atoms. The van der Waals surface area contributed by atoms with E-state index in [1.165, 1.54) is 0 Å². The molecule has 1 aromatic carbocycles. The Kier molecular flexibility index (Phi) is 6.56. The van der Waals surface area contributed by atoms with Gasteiger partial charge in [-0.3, -0.25) is 4.79 Å². The molecule has 0 radical (unpaired) electrons. The minimum absolute atomic E-state index is 0.0193. The van der Waals surface area contributed by atoms with Crippen molar-refractivity contribution in [3.8, 4) is 11.5 Å². The minimum Gasteiger partial charge on any atom is -0.381 e. The highest BCUT2D eigenvalue weighted by Gasteiger charge is 2.53. The Morgan fingerprint density at radius 3 is 2.34 bits per heavy atom. The van der Waals surface area contributed by atoms with Crippen LogP contribution in [0.5, 0.6) is 0 Å². The summed E-state index contributed by atoms with van der Waals surface area (Å²) < 4.78 is 17.1. The molecule has 3 heterocycles. The highest BCUT2D eigenvalue weighted by Crippen LogP contribution is 2.58. The van der Waals surface area contributed by atoms with Crippen molar-refractivity contribution >= 4 is 11.6 Å². The summed E-state index contributed by atoms with van der Waals surface area (Å²) in [6.07, 6.45) is 9.99. The number of amides is 1. The molecule has 0 atom stereocenters. The van der Waals surface area contributed by atoms with Gasteiger partial charge in [0.1, 0.15) is 0 Å². The molecule has 9 heteroatoms. The molecule has 8 rings (SSSR count). The van der Waals surface area contributed by atoms with Crippen molar-refractivity contribution in [3.05, 3.63) is 41.8 Å². The number of carbonyl (C=O) groups excluding carboxylic acids is 1. The maximum atomic E-state index is 14.2. The average molecular weight is 560 g/mol. The molecule has 4 aliphatic carbocycles. The largest absolute Gasteiger partial charge is 0.381 e. The topological polar surface area (TPSA) is 107 Å². The zero-order valence-corrected chi connectivity index (χ0v) is 24.5. The summed E-state index contributed by atoms with van der Waals surface area (Å²) in [5.74, 6) is 3.53. The number of aromatic nitrogens is 4. The maximum absolute atomic E-state index is 14.2. The van der Waals surface area contributed by atoms with E-state index in [1.807, 2.05) is 12.1 Å². The summed E-state index contributed by atoms with van der Waals surface area (Å²) in [5.41, 5.74) is 1.68. The molecule has 9 nitrogen and oxygen atoms in total. The third-order valence-corrected chi connectivity index (χ3v) is 10.1. The van der Waals surface area contributed by atoms with Gasteiger partial charge in [0.2, 0.25) is 11.8 Å². The highest BCUT2D eigenvalue weighted by molar-refractivity contribution is 5.95. The fraction of sp³-hybridized carbons (Fsp3) is 0.656. The van der Waals surface area contributed by atoms with Crippen molar-refractivity contribution in [1.29, 1.82) is 0 Å². The zero-order chi connectivity index (χ0) is 28.2. The molecule has 5 aliphatic rings. The third-order valence-electron chi connectivity index (χ3n) is 10.1. The van der Waals surface area contributed by atoms with Crippen LogP contribution in [0, 0.1) is 11.3 Å². The number of rotatable bonds is 7. The van der Waals surface area contributed by atoms with Gasteiger partial charge in [-0.1, -0.05) is 37.2 Å². The summed E-state index contributed by atoms with van der Waals surface area (Å²) in [6, 6.07) is 8.11. The van der Waals surface area contributed by atoms with E-state index in [0.717, 1.165) is 99.5 Å². The van der Waals surface area contributed by atoms with E-state index in [4.69, 9.17) is 18.8 Å². The second-order valence-corrected chi connectivity index (χ2v) is 14.0. The van der Waals surface area contributed by atoms with Crippen LogP contribution in [-0.2, 0) is 20.4 Å². The summed E-state index contributed by atoms with van der Waals surface area (Å²) >= 11 is 0. The highest BCUT2D eigenvalue weighted by atomic mass is 16.5. The lowest BCUT2D eigenvalue weighted by Gasteiger charge is -2.53. The molecule has 0 N–H and O–H groups in total. The van der Waals surface area contributed by atoms with Gasteiger partial charge in [0.05, 0.1) is 0 Å². The van der Waals surface area contributed by atoms with Crippen LogP contribution in [0.15, 0.2) is 33.3 Å². The molecule has 2 bridgehead atoms. The summed E-state index contributed by atoms with van der Waals surface area (Å²) in [6.45, 7) is 8.37. The van der Waals surface area contributed by atoms with Crippen LogP contribution in [0.2, 0.25) is 0 Å². The van der Waals surface area contributed by atoms with Gasteiger partial charge in [-0.2, -0.15) is 9.97 Å². The van der Waals surface area contributed by atoms with E-state index < -0.39 is 0 Å². The molecule has 218 valence electrons. The monoisotopic (exact) mass is 559 g/mol. The standard InChI is InChI=1S/C32H41N5O4/c1-30(2,3)28-34-29(41-36-28)32-14-11-31(12-15-32,13-16-32)20-37(27(38)22-9-17-39-18-10-22)24-6-4-5-23(19-24)26-33-25(35-40-26)21-7-8-21/h4-6,19,21-22H,7-18,20H2,1-3H3. The zero-order valence-electron chi connectivity index (χ0n) is 24.5. The van der Waals surface area contributed by atoms with Gasteiger partial charge in [0.15, 0.2) is 11.6 Å². The van der Waals surface area contributed by atoms with Gasteiger partial charge in [-0.25, -0.2) is 0 Å². The number of carbonyl (C=O) groups is 1. The van der Waals surface area contributed by atoms with Crippen LogP contribution in [0.25, 0.3) is 11.5 Å². The molecule has 1 amide bonds. The summed E-state index contributed by atoms with van der Waals surface area (Å²) in [4.78, 5) is 25.8. The maximum Gasteiger partial charge on any atom is 0.258 e. The minimum atomic E-state index is -0.133. The first kappa shape index (κ1) is 26.8. The van der Waals surface area contributed by atoms with Crippen molar-refractivity contribution in [2.24, 2.45) is 11.3 Å². The number of hydrogen-bond donors (Lipinski definition) is 0. The number of benzene rings is 1. The van der Waals surface area contributed by atoms with Gasteiger partial charge in [0.25, 0.3) is 5.89 Å². The quantitative estimate of drug-likeness (QED) is 0.330. The van der Waals surface area contributed by atoms with Crippen LogP contribution in [0.1, 0.15) is 108 Å². The molecule has 3 aromatic rings. The van der Waals surface area contributed by atoms with Crippen molar-refractivity contribution in [3.63, 3.8) is 0 Å². The Hall–Kier alpha value is -3.07. The summed E-state index contributed by atoms with van der Waals surface area (Å²) in [7, 11) is 0. The van der Waals surface area contributed by atoms with E-state index in [-0.39, 0.29) is 28.1 Å². The first-order valence-electron chi connectivity index (χ1n) is 15.4. The first-order chi connectivity index (χ1) is 19.7. The van der Waals surface area contributed by atoms with Crippen LogP contribution in [-0.4, -0.2) is 45.9 Å². The molecule has 1 aliphatic heterocycles. The fourth-order valence-corrected chi connectivity index (χ4v) is 7.03. The number of hydrogen-bond acceptors (Lipinski definition) is 8. The second-order valence-electron chi connectivity index (χ2n) is 14.0. The number of ether oxygens (including phenoxy) is 1. The van der Waals surface area contributed by atoms with Gasteiger partial charge in [-0.15, -0.1) is 0 Å². The Bertz CT molecular complexity index is 1390. The lowest BCUT2D eigenvalue weighted by atomic mass is 9.53. The smallest absolute Gasteiger partial charge is 0.258 e. The number of nitrogens with zero attached hydrogens (tertiary/aromatic N) is 5. The van der Waals surface area contributed by atoms with Crippen LogP contribution in [0.3, 0.4) is 0 Å². The fourth-order valence-electron chi connectivity index (χ4n) is 7.03. The van der Waals surface area contributed by atoms with E-state index in [0.29, 0.717) is 25.0 Å². The third kappa shape index (κ3) is 5.11. The number of anilines is 1. The molecule has 1 saturated heterocycles. The van der Waals surface area contributed by atoms with Crippen LogP contribution >= 0.6 is 0 Å². The van der Waals surface area contributed by atoms with Crippen LogP contribution < -0.4 is 4.90 Å². The van der Waals surface area contributed by atoms with Gasteiger partial charge in [0, 0.05) is 53.7 Å².